The van der Waals surface area contributed by atoms with Crippen LogP contribution in [0.5, 0.6) is 0 Å². The minimum Gasteiger partial charge on any atom is -0.478 e. The lowest BCUT2D eigenvalue weighted by atomic mass is 10.4. The predicted octanol–water partition coefficient (Wildman–Crippen LogP) is 1.75. The highest BCUT2D eigenvalue weighted by Gasteiger charge is 2.21. The molecule has 0 aromatic carbocycles. The van der Waals surface area contributed by atoms with Crippen molar-refractivity contribution in [3.63, 3.8) is 0 Å². The molecule has 0 unspecified atom stereocenters. The summed E-state index contributed by atoms with van der Waals surface area (Å²) < 4.78 is 33.9. The highest BCUT2D eigenvalue weighted by molar-refractivity contribution is 5.80. The van der Waals surface area contributed by atoms with Crippen molar-refractivity contribution >= 4 is 5.97 Å². The SMILES string of the molecule is O=C(O)/C=C/C=C/C(F)(F)F. The lowest BCUT2D eigenvalue weighted by Gasteiger charge is -1.94. The van der Waals surface area contributed by atoms with Gasteiger partial charge in [0, 0.05) is 12.2 Å². The molecule has 0 bridgehead atoms. The van der Waals surface area contributed by atoms with Crippen LogP contribution in [0, 0.1) is 0 Å². The Labute approximate surface area is 60.6 Å². The van der Waals surface area contributed by atoms with Gasteiger partial charge < -0.3 is 5.11 Å². The number of aliphatic carboxylic acids is 1. The van der Waals surface area contributed by atoms with E-state index < -0.39 is 12.1 Å². The van der Waals surface area contributed by atoms with Crippen LogP contribution in [0.4, 0.5) is 13.2 Å². The van der Waals surface area contributed by atoms with Gasteiger partial charge >= 0.3 is 12.1 Å². The standard InChI is InChI=1S/C6H5F3O2/c7-6(8,9)4-2-1-3-5(10)11/h1-4H,(H,10,11)/b3-1+,4-2+. The van der Waals surface area contributed by atoms with E-state index in [4.69, 9.17) is 5.11 Å². The highest BCUT2D eigenvalue weighted by atomic mass is 19.4. The maximum absolute atomic E-state index is 11.3. The minimum absolute atomic E-state index is 0.0492. The molecule has 0 amide bonds. The molecule has 0 spiro atoms. The van der Waals surface area contributed by atoms with Crippen molar-refractivity contribution in [3.05, 3.63) is 24.3 Å². The number of halogens is 3. The number of carboxylic acids is 1. The molecule has 0 rings (SSSR count). The van der Waals surface area contributed by atoms with E-state index in [1.807, 2.05) is 0 Å². The first-order valence-electron chi connectivity index (χ1n) is 2.57. The average Bonchev–Trinajstić information content (AvgIpc) is 1.78. The lowest BCUT2D eigenvalue weighted by Crippen LogP contribution is -1.99. The van der Waals surface area contributed by atoms with Gasteiger partial charge in [0.25, 0.3) is 0 Å². The van der Waals surface area contributed by atoms with E-state index in [-0.39, 0.29) is 6.08 Å². The summed E-state index contributed by atoms with van der Waals surface area (Å²) in [5.41, 5.74) is 0. The second-order valence-corrected chi connectivity index (χ2v) is 1.60. The molecule has 0 heterocycles. The molecule has 0 radical (unpaired) electrons. The van der Waals surface area contributed by atoms with E-state index in [0.717, 1.165) is 6.08 Å². The van der Waals surface area contributed by atoms with E-state index >= 15 is 0 Å². The van der Waals surface area contributed by atoms with Crippen LogP contribution in [0.25, 0.3) is 0 Å². The largest absolute Gasteiger partial charge is 0.478 e. The topological polar surface area (TPSA) is 37.3 Å². The fourth-order valence-electron chi connectivity index (χ4n) is 0.303. The highest BCUT2D eigenvalue weighted by Crippen LogP contribution is 2.15. The van der Waals surface area contributed by atoms with Gasteiger partial charge in [-0.2, -0.15) is 13.2 Å². The Morgan fingerprint density at radius 1 is 1.27 bits per heavy atom. The summed E-state index contributed by atoms with van der Waals surface area (Å²) in [4.78, 5) is 9.72. The summed E-state index contributed by atoms with van der Waals surface area (Å²) in [5.74, 6) is -1.28. The first kappa shape index (κ1) is 9.74. The van der Waals surface area contributed by atoms with Crippen LogP contribution in [0.15, 0.2) is 24.3 Å². The Morgan fingerprint density at radius 3 is 2.18 bits per heavy atom. The van der Waals surface area contributed by atoms with Gasteiger partial charge in [-0.05, 0) is 0 Å². The summed E-state index contributed by atoms with van der Waals surface area (Å²) in [6.45, 7) is 0. The number of hydrogen-bond donors (Lipinski definition) is 1. The molecule has 0 saturated carbocycles. The molecule has 5 heteroatoms. The fraction of sp³-hybridized carbons (Fsp3) is 0.167. The molecule has 0 fully saturated rings. The predicted molar refractivity (Wildman–Crippen MR) is 32.0 cm³/mol. The Kier molecular flexibility index (Phi) is 3.36. The normalized spacial score (nSPS) is 13.0. The number of alkyl halides is 3. The number of hydrogen-bond acceptors (Lipinski definition) is 1. The summed E-state index contributed by atoms with van der Waals surface area (Å²) in [6.07, 6.45) is -2.40. The number of carbonyl (C=O) groups is 1. The molecule has 2 nitrogen and oxygen atoms in total. The van der Waals surface area contributed by atoms with Gasteiger partial charge in [-0.25, -0.2) is 4.79 Å². The lowest BCUT2D eigenvalue weighted by molar-refractivity contribution is -0.131. The third-order valence-electron chi connectivity index (χ3n) is 0.635. The van der Waals surface area contributed by atoms with Crippen molar-refractivity contribution in [1.82, 2.24) is 0 Å². The van der Waals surface area contributed by atoms with Gasteiger partial charge in [-0.15, -0.1) is 0 Å². The number of allylic oxidation sites excluding steroid dienone is 3. The molecule has 11 heavy (non-hydrogen) atoms. The van der Waals surface area contributed by atoms with Gasteiger partial charge in [0.15, 0.2) is 0 Å². The summed E-state index contributed by atoms with van der Waals surface area (Å²) in [5, 5.41) is 7.94. The zero-order chi connectivity index (χ0) is 8.91. The second-order valence-electron chi connectivity index (χ2n) is 1.60. The molecular formula is C6H5F3O2. The van der Waals surface area contributed by atoms with Crippen molar-refractivity contribution in [1.29, 1.82) is 0 Å². The van der Waals surface area contributed by atoms with Crippen LogP contribution in [-0.2, 0) is 4.79 Å². The molecule has 1 N–H and O–H groups in total. The van der Waals surface area contributed by atoms with Crippen LogP contribution in [-0.4, -0.2) is 17.3 Å². The Hall–Kier alpha value is -1.26. The Balaban J connectivity index is 3.88. The van der Waals surface area contributed by atoms with Crippen molar-refractivity contribution < 1.29 is 23.1 Å². The third-order valence-corrected chi connectivity index (χ3v) is 0.635. The first-order valence-corrected chi connectivity index (χ1v) is 2.57. The maximum Gasteiger partial charge on any atom is 0.409 e. The van der Waals surface area contributed by atoms with Gasteiger partial charge in [-0.1, -0.05) is 12.2 Å². The summed E-state index contributed by atoms with van der Waals surface area (Å²) in [6, 6.07) is 0. The molecule has 62 valence electrons. The Morgan fingerprint density at radius 2 is 1.82 bits per heavy atom. The van der Waals surface area contributed by atoms with Crippen LogP contribution < -0.4 is 0 Å². The monoisotopic (exact) mass is 166 g/mol. The van der Waals surface area contributed by atoms with E-state index in [2.05, 4.69) is 0 Å². The molecule has 0 saturated heterocycles. The Bertz CT molecular complexity index is 190. The van der Waals surface area contributed by atoms with E-state index in [1.54, 1.807) is 0 Å². The molecule has 0 aliphatic rings. The first-order chi connectivity index (χ1) is 4.92. The van der Waals surface area contributed by atoms with Gasteiger partial charge in [-0.3, -0.25) is 0 Å². The molecule has 0 aromatic rings. The van der Waals surface area contributed by atoms with Gasteiger partial charge in [0.05, 0.1) is 0 Å². The molecule has 0 aliphatic heterocycles. The van der Waals surface area contributed by atoms with Crippen LogP contribution in [0.3, 0.4) is 0 Å². The van der Waals surface area contributed by atoms with E-state index in [0.29, 0.717) is 12.2 Å². The van der Waals surface area contributed by atoms with Crippen molar-refractivity contribution in [2.45, 2.75) is 6.18 Å². The smallest absolute Gasteiger partial charge is 0.409 e. The van der Waals surface area contributed by atoms with Gasteiger partial charge in [0.1, 0.15) is 0 Å². The van der Waals surface area contributed by atoms with E-state index in [1.165, 1.54) is 0 Å². The van der Waals surface area contributed by atoms with Crippen LogP contribution in [0.2, 0.25) is 0 Å². The van der Waals surface area contributed by atoms with Gasteiger partial charge in [0.2, 0.25) is 0 Å². The quantitative estimate of drug-likeness (QED) is 0.501. The number of rotatable bonds is 2. The summed E-state index contributed by atoms with van der Waals surface area (Å²) >= 11 is 0. The molecular weight excluding hydrogens is 161 g/mol. The fourth-order valence-corrected chi connectivity index (χ4v) is 0.303. The van der Waals surface area contributed by atoms with Crippen LogP contribution >= 0.6 is 0 Å². The van der Waals surface area contributed by atoms with E-state index in [9.17, 15) is 18.0 Å². The maximum atomic E-state index is 11.3. The zero-order valence-corrected chi connectivity index (χ0v) is 5.30. The molecule has 0 atom stereocenters. The minimum atomic E-state index is -4.39. The molecule has 0 aromatic heterocycles. The van der Waals surface area contributed by atoms with Crippen molar-refractivity contribution in [3.8, 4) is 0 Å². The second kappa shape index (κ2) is 3.80. The van der Waals surface area contributed by atoms with Crippen LogP contribution in [0.1, 0.15) is 0 Å². The number of carboxylic acid groups (broad SMARTS) is 1. The average molecular weight is 166 g/mol. The van der Waals surface area contributed by atoms with Crippen molar-refractivity contribution in [2.24, 2.45) is 0 Å². The third kappa shape index (κ3) is 8.74. The zero-order valence-electron chi connectivity index (χ0n) is 5.30. The summed E-state index contributed by atoms with van der Waals surface area (Å²) in [7, 11) is 0. The molecule has 0 aliphatic carbocycles. The van der Waals surface area contributed by atoms with Crippen molar-refractivity contribution in [2.75, 3.05) is 0 Å².